The standard InChI is InChI=1S/C24H50O3S/c1-3-5-7-9-11-13-15-17-19-23(25)21-28(27)22-24(26)20-18-16-14-12-10-8-6-4-2/h23-26H,3-22H2,1-2H3. The van der Waals surface area contributed by atoms with Crippen molar-refractivity contribution in [3.05, 3.63) is 0 Å². The van der Waals surface area contributed by atoms with E-state index in [2.05, 4.69) is 13.8 Å². The third-order valence-electron chi connectivity index (χ3n) is 5.54. The van der Waals surface area contributed by atoms with Crippen LogP contribution in [0.3, 0.4) is 0 Å². The van der Waals surface area contributed by atoms with Gasteiger partial charge in [-0.2, -0.15) is 0 Å². The maximum atomic E-state index is 12.1. The summed E-state index contributed by atoms with van der Waals surface area (Å²) in [6, 6.07) is 0. The highest BCUT2D eigenvalue weighted by Crippen LogP contribution is 2.14. The number of unbranched alkanes of at least 4 members (excludes halogenated alkanes) is 14. The fourth-order valence-electron chi connectivity index (χ4n) is 3.69. The molecule has 0 saturated heterocycles. The van der Waals surface area contributed by atoms with Gasteiger partial charge in [-0.1, -0.05) is 117 Å². The molecule has 170 valence electrons. The Balaban J connectivity index is 3.48. The maximum Gasteiger partial charge on any atom is 0.131 e. The minimum absolute atomic E-state index is 0.324. The summed E-state index contributed by atoms with van der Waals surface area (Å²) in [6.45, 7) is 4.47. The molecular weight excluding hydrogens is 368 g/mol. The van der Waals surface area contributed by atoms with E-state index in [-0.39, 0.29) is 0 Å². The predicted molar refractivity (Wildman–Crippen MR) is 124 cm³/mol. The molecule has 0 aromatic carbocycles. The summed E-state index contributed by atoms with van der Waals surface area (Å²) >= 11 is -1.11. The average molecular weight is 419 g/mol. The Morgan fingerprint density at radius 1 is 0.536 bits per heavy atom. The topological polar surface area (TPSA) is 63.5 Å². The average Bonchev–Trinajstić information content (AvgIpc) is 2.65. The van der Waals surface area contributed by atoms with Crippen LogP contribution in [0.1, 0.15) is 129 Å². The molecular formula is C24H50O3S. The quantitative estimate of drug-likeness (QED) is 0.155. The van der Waals surface area contributed by atoms with Gasteiger partial charge in [0.25, 0.3) is 0 Å². The third-order valence-corrected chi connectivity index (χ3v) is 7.05. The molecule has 0 spiro atoms. The van der Waals surface area contributed by atoms with E-state index in [1.54, 1.807) is 0 Å². The lowest BCUT2D eigenvalue weighted by Crippen LogP contribution is -2.28. The molecule has 0 rings (SSSR count). The Morgan fingerprint density at radius 2 is 0.821 bits per heavy atom. The van der Waals surface area contributed by atoms with E-state index in [4.69, 9.17) is 0 Å². The first-order chi connectivity index (χ1) is 13.6. The minimum Gasteiger partial charge on any atom is -0.616 e. The van der Waals surface area contributed by atoms with Gasteiger partial charge in [0.2, 0.25) is 0 Å². The first kappa shape index (κ1) is 28.2. The van der Waals surface area contributed by atoms with Crippen molar-refractivity contribution in [1.29, 1.82) is 0 Å². The maximum absolute atomic E-state index is 12.1. The largest absolute Gasteiger partial charge is 0.616 e. The Hall–Kier alpha value is 0.230. The van der Waals surface area contributed by atoms with E-state index in [0.717, 1.165) is 38.5 Å². The lowest BCUT2D eigenvalue weighted by Gasteiger charge is -2.18. The normalized spacial score (nSPS) is 14.9. The summed E-state index contributed by atoms with van der Waals surface area (Å²) in [6.07, 6.45) is 20.6. The summed E-state index contributed by atoms with van der Waals surface area (Å²) in [7, 11) is 0. The van der Waals surface area contributed by atoms with Crippen LogP contribution in [-0.2, 0) is 11.2 Å². The second-order valence-electron chi connectivity index (χ2n) is 8.61. The molecule has 0 bridgehead atoms. The van der Waals surface area contributed by atoms with Gasteiger partial charge in [0.15, 0.2) is 0 Å². The number of rotatable bonds is 22. The van der Waals surface area contributed by atoms with Crippen molar-refractivity contribution >= 4 is 11.2 Å². The van der Waals surface area contributed by atoms with Gasteiger partial charge in [0.1, 0.15) is 11.5 Å². The summed E-state index contributed by atoms with van der Waals surface area (Å²) in [4.78, 5) is 0. The summed E-state index contributed by atoms with van der Waals surface area (Å²) in [5, 5.41) is 20.1. The van der Waals surface area contributed by atoms with Gasteiger partial charge in [-0.05, 0) is 24.0 Å². The van der Waals surface area contributed by atoms with Crippen molar-refractivity contribution in [3.63, 3.8) is 0 Å². The van der Waals surface area contributed by atoms with Gasteiger partial charge in [-0.25, -0.2) is 0 Å². The zero-order chi connectivity index (χ0) is 20.9. The Morgan fingerprint density at radius 3 is 1.14 bits per heavy atom. The van der Waals surface area contributed by atoms with Gasteiger partial charge >= 0.3 is 0 Å². The number of aliphatic hydroxyl groups excluding tert-OH is 2. The van der Waals surface area contributed by atoms with Crippen LogP contribution in [0.5, 0.6) is 0 Å². The van der Waals surface area contributed by atoms with E-state index in [1.807, 2.05) is 0 Å². The van der Waals surface area contributed by atoms with Crippen LogP contribution in [0.15, 0.2) is 0 Å². The van der Waals surface area contributed by atoms with Crippen molar-refractivity contribution < 1.29 is 14.8 Å². The van der Waals surface area contributed by atoms with E-state index in [0.29, 0.717) is 11.5 Å². The Labute approximate surface area is 179 Å². The molecule has 0 aliphatic rings. The van der Waals surface area contributed by atoms with Crippen LogP contribution in [0.4, 0.5) is 0 Å². The van der Waals surface area contributed by atoms with Crippen molar-refractivity contribution in [3.8, 4) is 0 Å². The van der Waals surface area contributed by atoms with Crippen molar-refractivity contribution in [2.45, 2.75) is 142 Å². The molecule has 3 nitrogen and oxygen atoms in total. The van der Waals surface area contributed by atoms with E-state index < -0.39 is 23.4 Å². The highest BCUT2D eigenvalue weighted by atomic mass is 32.2. The second kappa shape index (κ2) is 21.9. The summed E-state index contributed by atoms with van der Waals surface area (Å²) in [5.74, 6) is 0.649. The molecule has 0 heterocycles. The third kappa shape index (κ3) is 21.0. The summed E-state index contributed by atoms with van der Waals surface area (Å²) < 4.78 is 12.1. The monoisotopic (exact) mass is 418 g/mol. The molecule has 0 aliphatic carbocycles. The predicted octanol–water partition coefficient (Wildman–Crippen LogP) is 6.52. The van der Waals surface area contributed by atoms with Crippen LogP contribution in [0, 0.1) is 0 Å². The van der Waals surface area contributed by atoms with Crippen molar-refractivity contribution in [1.82, 2.24) is 0 Å². The van der Waals surface area contributed by atoms with E-state index in [9.17, 15) is 14.8 Å². The molecule has 4 heteroatoms. The van der Waals surface area contributed by atoms with Crippen LogP contribution in [0.2, 0.25) is 0 Å². The van der Waals surface area contributed by atoms with Crippen LogP contribution < -0.4 is 0 Å². The SMILES string of the molecule is CCCCCCCCCCC(O)C[S+]([O-])CC(O)CCCCCCCCCC. The first-order valence-electron chi connectivity index (χ1n) is 12.3. The molecule has 2 N–H and O–H groups in total. The molecule has 0 fully saturated rings. The molecule has 0 aromatic heterocycles. The van der Waals surface area contributed by atoms with Crippen LogP contribution in [-0.4, -0.2) is 38.5 Å². The van der Waals surface area contributed by atoms with Gasteiger partial charge in [0.05, 0.1) is 12.2 Å². The molecule has 0 amide bonds. The smallest absolute Gasteiger partial charge is 0.131 e. The second-order valence-corrected chi connectivity index (χ2v) is 10.2. The Bertz CT molecular complexity index is 274. The minimum atomic E-state index is -1.11. The molecule has 2 unspecified atom stereocenters. The molecule has 0 aliphatic heterocycles. The van der Waals surface area contributed by atoms with E-state index >= 15 is 0 Å². The summed E-state index contributed by atoms with van der Waals surface area (Å²) in [5.41, 5.74) is 0. The molecule has 0 radical (unpaired) electrons. The van der Waals surface area contributed by atoms with E-state index in [1.165, 1.54) is 77.0 Å². The first-order valence-corrected chi connectivity index (χ1v) is 13.8. The van der Waals surface area contributed by atoms with Gasteiger partial charge in [-0.15, -0.1) is 0 Å². The molecule has 2 atom stereocenters. The van der Waals surface area contributed by atoms with Crippen molar-refractivity contribution in [2.24, 2.45) is 0 Å². The number of hydrogen-bond acceptors (Lipinski definition) is 3. The zero-order valence-electron chi connectivity index (χ0n) is 19.0. The van der Waals surface area contributed by atoms with Gasteiger partial charge < -0.3 is 14.8 Å². The van der Waals surface area contributed by atoms with Crippen LogP contribution in [0.25, 0.3) is 0 Å². The molecule has 28 heavy (non-hydrogen) atoms. The Kier molecular flexibility index (Phi) is 22.1. The van der Waals surface area contributed by atoms with Crippen LogP contribution >= 0.6 is 0 Å². The fraction of sp³-hybridized carbons (Fsp3) is 1.00. The van der Waals surface area contributed by atoms with Crippen molar-refractivity contribution in [2.75, 3.05) is 11.5 Å². The highest BCUT2D eigenvalue weighted by Gasteiger charge is 2.18. The highest BCUT2D eigenvalue weighted by molar-refractivity contribution is 7.91. The molecule has 0 aromatic rings. The fourth-order valence-corrected chi connectivity index (χ4v) is 5.02. The number of aliphatic hydroxyl groups is 2. The van der Waals surface area contributed by atoms with Gasteiger partial charge in [0, 0.05) is 0 Å². The number of hydrogen-bond donors (Lipinski definition) is 2. The lowest BCUT2D eigenvalue weighted by molar-refractivity contribution is 0.175. The van der Waals surface area contributed by atoms with Gasteiger partial charge in [-0.3, -0.25) is 0 Å². The molecule has 0 saturated carbocycles. The lowest BCUT2D eigenvalue weighted by atomic mass is 10.1. The zero-order valence-corrected chi connectivity index (χ0v) is 19.8.